The van der Waals surface area contributed by atoms with Gasteiger partial charge in [-0.25, -0.2) is 0 Å². The summed E-state index contributed by atoms with van der Waals surface area (Å²) in [5, 5.41) is 4.00. The topological polar surface area (TPSA) is 52.0 Å². The lowest BCUT2D eigenvalue weighted by molar-refractivity contribution is 0.226. The molecule has 0 spiro atoms. The van der Waals surface area contributed by atoms with Gasteiger partial charge in [-0.1, -0.05) is 31.1 Å². The van der Waals surface area contributed by atoms with Crippen LogP contribution in [0.4, 0.5) is 0 Å². The first-order valence-electron chi connectivity index (χ1n) is 8.09. The van der Waals surface area contributed by atoms with Crippen LogP contribution in [0.1, 0.15) is 55.0 Å². The van der Waals surface area contributed by atoms with Crippen molar-refractivity contribution in [2.45, 2.75) is 52.1 Å². The van der Waals surface area contributed by atoms with Gasteiger partial charge in [0.15, 0.2) is 0 Å². The van der Waals surface area contributed by atoms with Crippen molar-refractivity contribution in [3.8, 4) is 0 Å². The molecule has 1 aliphatic heterocycles. The number of hydrogen-bond donors (Lipinski definition) is 0. The number of benzene rings is 1. The summed E-state index contributed by atoms with van der Waals surface area (Å²) in [7, 11) is 0. The lowest BCUT2D eigenvalue weighted by Crippen LogP contribution is -2.34. The van der Waals surface area contributed by atoms with Gasteiger partial charge in [-0.3, -0.25) is 4.90 Å². The third-order valence-electron chi connectivity index (χ3n) is 4.71. The number of fused-ring (bicyclic) bond motifs is 3. The third-order valence-corrected chi connectivity index (χ3v) is 4.71. The van der Waals surface area contributed by atoms with Gasteiger partial charge in [-0.05, 0) is 59.4 Å². The zero-order valence-electron chi connectivity index (χ0n) is 13.0. The molecular weight excluding hydrogens is 260 g/mol. The lowest BCUT2D eigenvalue weighted by atomic mass is 9.81. The summed E-state index contributed by atoms with van der Waals surface area (Å²) in [5.74, 6) is 0.721. The van der Waals surface area contributed by atoms with Gasteiger partial charge in [-0.2, -0.15) is 0 Å². The molecule has 1 aliphatic carbocycles. The molecule has 112 valence electrons. The molecule has 1 unspecified atom stereocenters. The summed E-state index contributed by atoms with van der Waals surface area (Å²) in [6.07, 6.45) is 4.44. The van der Waals surface area contributed by atoms with E-state index in [0.717, 1.165) is 44.7 Å². The first-order valence-corrected chi connectivity index (χ1v) is 8.09. The van der Waals surface area contributed by atoms with Gasteiger partial charge in [0, 0.05) is 24.5 Å². The first-order chi connectivity index (χ1) is 10.2. The fourth-order valence-electron chi connectivity index (χ4n) is 3.90. The minimum Gasteiger partial charge on any atom is -0.298 e. The molecule has 2 aliphatic rings. The van der Waals surface area contributed by atoms with Crippen molar-refractivity contribution in [3.05, 3.63) is 44.8 Å². The van der Waals surface area contributed by atoms with Crippen LogP contribution in [0.5, 0.6) is 0 Å². The quantitative estimate of drug-likeness (QED) is 0.461. The van der Waals surface area contributed by atoms with Crippen molar-refractivity contribution in [1.29, 1.82) is 0 Å². The molecule has 1 aromatic rings. The first kappa shape index (κ1) is 14.4. The zero-order valence-corrected chi connectivity index (χ0v) is 13.0. The van der Waals surface area contributed by atoms with Crippen molar-refractivity contribution < 1.29 is 0 Å². The number of hydrogen-bond acceptors (Lipinski definition) is 2. The summed E-state index contributed by atoms with van der Waals surface area (Å²) >= 11 is 0. The second-order valence-electron chi connectivity index (χ2n) is 6.76. The van der Waals surface area contributed by atoms with Crippen LogP contribution in [0.15, 0.2) is 17.2 Å². The molecule has 0 aromatic heterocycles. The Balaban J connectivity index is 1.90. The SMILES string of the molecule is CC(C)CN1CCc2c(ccc3c2CCCC3N=[N+]=[N-])C1. The van der Waals surface area contributed by atoms with Gasteiger partial charge in [0.2, 0.25) is 0 Å². The van der Waals surface area contributed by atoms with Gasteiger partial charge in [0.25, 0.3) is 0 Å². The maximum absolute atomic E-state index is 8.75. The molecule has 0 fully saturated rings. The molecule has 4 nitrogen and oxygen atoms in total. The largest absolute Gasteiger partial charge is 0.298 e. The van der Waals surface area contributed by atoms with Crippen LogP contribution in [0.3, 0.4) is 0 Å². The maximum Gasteiger partial charge on any atom is 0.0628 e. The van der Waals surface area contributed by atoms with Gasteiger partial charge < -0.3 is 0 Å². The molecule has 0 N–H and O–H groups in total. The molecule has 1 atom stereocenters. The third kappa shape index (κ3) is 2.92. The van der Waals surface area contributed by atoms with Crippen LogP contribution in [0, 0.1) is 5.92 Å². The second-order valence-corrected chi connectivity index (χ2v) is 6.76. The molecule has 1 heterocycles. The molecule has 21 heavy (non-hydrogen) atoms. The van der Waals surface area contributed by atoms with E-state index in [2.05, 4.69) is 40.9 Å². The standard InChI is InChI=1S/C17H24N4/c1-12(2)10-21-9-8-14-13(11-21)6-7-16-15(14)4-3-5-17(16)19-20-18/h6-7,12,17H,3-5,8-11H2,1-2H3. The molecule has 1 aromatic carbocycles. The molecule has 0 saturated heterocycles. The van der Waals surface area contributed by atoms with Gasteiger partial charge in [0.05, 0.1) is 6.04 Å². The highest BCUT2D eigenvalue weighted by Gasteiger charge is 2.26. The smallest absolute Gasteiger partial charge is 0.0628 e. The number of rotatable bonds is 3. The van der Waals surface area contributed by atoms with E-state index in [1.165, 1.54) is 23.2 Å². The number of nitrogens with zero attached hydrogens (tertiary/aromatic N) is 4. The molecule has 0 amide bonds. The van der Waals surface area contributed by atoms with E-state index in [0.29, 0.717) is 0 Å². The van der Waals surface area contributed by atoms with E-state index in [1.807, 2.05) is 0 Å². The lowest BCUT2D eigenvalue weighted by Gasteiger charge is -2.34. The Kier molecular flexibility index (Phi) is 4.18. The minimum absolute atomic E-state index is 0.0535. The van der Waals surface area contributed by atoms with E-state index >= 15 is 0 Å². The molecule has 0 saturated carbocycles. The Labute approximate surface area is 126 Å². The molecule has 0 radical (unpaired) electrons. The second kappa shape index (κ2) is 6.08. The van der Waals surface area contributed by atoms with E-state index in [4.69, 9.17) is 5.53 Å². The van der Waals surface area contributed by atoms with Crippen molar-refractivity contribution in [2.24, 2.45) is 11.0 Å². The Morgan fingerprint density at radius 2 is 2.19 bits per heavy atom. The average molecular weight is 284 g/mol. The normalized spacial score (nSPS) is 21.6. The van der Waals surface area contributed by atoms with Crippen molar-refractivity contribution in [3.63, 3.8) is 0 Å². The average Bonchev–Trinajstić information content (AvgIpc) is 2.46. The highest BCUT2D eigenvalue weighted by Crippen LogP contribution is 2.37. The van der Waals surface area contributed by atoms with Crippen LogP contribution in [0.2, 0.25) is 0 Å². The van der Waals surface area contributed by atoms with Gasteiger partial charge >= 0.3 is 0 Å². The van der Waals surface area contributed by atoms with Crippen LogP contribution < -0.4 is 0 Å². The Morgan fingerprint density at radius 1 is 1.33 bits per heavy atom. The predicted molar refractivity (Wildman–Crippen MR) is 85.1 cm³/mol. The summed E-state index contributed by atoms with van der Waals surface area (Å²) in [4.78, 5) is 5.59. The molecule has 3 rings (SSSR count). The Hall–Kier alpha value is -1.51. The number of azide groups is 1. The van der Waals surface area contributed by atoms with E-state index in [-0.39, 0.29) is 6.04 Å². The fraction of sp³-hybridized carbons (Fsp3) is 0.647. The van der Waals surface area contributed by atoms with E-state index in [1.54, 1.807) is 5.56 Å². The Bertz CT molecular complexity index is 572. The van der Waals surface area contributed by atoms with Crippen molar-refractivity contribution >= 4 is 0 Å². The van der Waals surface area contributed by atoms with Crippen LogP contribution in [0.25, 0.3) is 10.4 Å². The Morgan fingerprint density at radius 3 is 2.95 bits per heavy atom. The molecule has 0 bridgehead atoms. The van der Waals surface area contributed by atoms with Crippen molar-refractivity contribution in [1.82, 2.24) is 4.90 Å². The summed E-state index contributed by atoms with van der Waals surface area (Å²) in [6.45, 7) is 7.98. The predicted octanol–water partition coefficient (Wildman–Crippen LogP) is 4.39. The molecular formula is C17H24N4. The van der Waals surface area contributed by atoms with Crippen LogP contribution >= 0.6 is 0 Å². The van der Waals surface area contributed by atoms with Crippen molar-refractivity contribution in [2.75, 3.05) is 13.1 Å². The highest BCUT2D eigenvalue weighted by molar-refractivity contribution is 5.45. The summed E-state index contributed by atoms with van der Waals surface area (Å²) < 4.78 is 0. The minimum atomic E-state index is 0.0535. The summed E-state index contributed by atoms with van der Waals surface area (Å²) in [5.41, 5.74) is 14.6. The van der Waals surface area contributed by atoms with E-state index in [9.17, 15) is 0 Å². The van der Waals surface area contributed by atoms with E-state index < -0.39 is 0 Å². The fourth-order valence-corrected chi connectivity index (χ4v) is 3.90. The highest BCUT2D eigenvalue weighted by atomic mass is 15.1. The van der Waals surface area contributed by atoms with Crippen LogP contribution in [-0.4, -0.2) is 18.0 Å². The van der Waals surface area contributed by atoms with Crippen LogP contribution in [-0.2, 0) is 19.4 Å². The molecule has 4 heteroatoms. The van der Waals surface area contributed by atoms with Gasteiger partial charge in [-0.15, -0.1) is 0 Å². The van der Waals surface area contributed by atoms with Gasteiger partial charge in [0.1, 0.15) is 0 Å². The summed E-state index contributed by atoms with van der Waals surface area (Å²) in [6, 6.07) is 4.54. The monoisotopic (exact) mass is 284 g/mol. The maximum atomic E-state index is 8.75. The zero-order chi connectivity index (χ0) is 14.8.